The predicted molar refractivity (Wildman–Crippen MR) is 34.9 cm³/mol. The average Bonchev–Trinajstić information content (AvgIpc) is 2.20. The highest BCUT2D eigenvalue weighted by molar-refractivity contribution is 4.63. The Balaban J connectivity index is 0.000000187. The summed E-state index contributed by atoms with van der Waals surface area (Å²) in [5, 5.41) is 12.7. The quantitative estimate of drug-likeness (QED) is 0.565. The number of aryl methyl sites for hydroxylation is 1. The van der Waals surface area contributed by atoms with Crippen LogP contribution in [0.25, 0.3) is 0 Å². The van der Waals surface area contributed by atoms with Gasteiger partial charge in [0.05, 0.1) is 0 Å². The molecule has 0 unspecified atom stereocenters. The highest BCUT2D eigenvalue weighted by atomic mass is 15.5. The van der Waals surface area contributed by atoms with Gasteiger partial charge in [-0.3, -0.25) is 0 Å². The van der Waals surface area contributed by atoms with Gasteiger partial charge in [-0.05, 0) is 6.92 Å². The molecule has 52 valence electrons. The first-order valence-corrected chi connectivity index (χ1v) is 3.01. The minimum absolute atomic E-state index is 0.676. The highest BCUT2D eigenvalue weighted by Crippen LogP contribution is 1.69. The Labute approximate surface area is 54.7 Å². The number of tetrazole rings is 1. The van der Waals surface area contributed by atoms with Crippen molar-refractivity contribution in [2.45, 2.75) is 27.2 Å². The first-order chi connectivity index (χ1) is 4.31. The lowest BCUT2D eigenvalue weighted by molar-refractivity contribution is 0.881. The minimum Gasteiger partial charge on any atom is -0.177 e. The fourth-order valence-electron chi connectivity index (χ4n) is 0.212. The van der Waals surface area contributed by atoms with Crippen LogP contribution in [0.15, 0.2) is 0 Å². The maximum absolute atomic E-state index is 3.57. The van der Waals surface area contributed by atoms with E-state index in [2.05, 4.69) is 34.5 Å². The zero-order valence-corrected chi connectivity index (χ0v) is 6.05. The van der Waals surface area contributed by atoms with E-state index in [1.54, 1.807) is 6.92 Å². The molecule has 4 nitrogen and oxygen atoms in total. The summed E-state index contributed by atoms with van der Waals surface area (Å²) < 4.78 is 0. The fourth-order valence-corrected chi connectivity index (χ4v) is 0.212. The third-order valence-electron chi connectivity index (χ3n) is 0.451. The van der Waals surface area contributed by atoms with Gasteiger partial charge in [0.15, 0.2) is 5.82 Å². The van der Waals surface area contributed by atoms with Crippen LogP contribution in [0.4, 0.5) is 0 Å². The molecule has 0 aliphatic rings. The topological polar surface area (TPSA) is 54.5 Å². The molecule has 0 spiro atoms. The second-order valence-corrected chi connectivity index (χ2v) is 1.67. The number of aromatic amines is 1. The molecule has 0 amide bonds. The summed E-state index contributed by atoms with van der Waals surface area (Å²) in [6.45, 7) is 6.02. The first-order valence-electron chi connectivity index (χ1n) is 3.01. The van der Waals surface area contributed by atoms with E-state index < -0.39 is 0 Å². The molecule has 1 rings (SSSR count). The monoisotopic (exact) mass is 128 g/mol. The van der Waals surface area contributed by atoms with Crippen LogP contribution in [0, 0.1) is 6.92 Å². The molecule has 0 aliphatic heterocycles. The van der Waals surface area contributed by atoms with Crippen molar-refractivity contribution in [1.29, 1.82) is 0 Å². The largest absolute Gasteiger partial charge is 0.177 e. The summed E-state index contributed by atoms with van der Waals surface area (Å²) in [6, 6.07) is 0. The Morgan fingerprint density at radius 1 is 1.44 bits per heavy atom. The van der Waals surface area contributed by atoms with Crippen molar-refractivity contribution in [3.8, 4) is 0 Å². The van der Waals surface area contributed by atoms with Crippen molar-refractivity contribution in [1.82, 2.24) is 20.6 Å². The number of rotatable bonds is 0. The Bertz CT molecular complexity index is 124. The van der Waals surface area contributed by atoms with Crippen molar-refractivity contribution in [3.05, 3.63) is 5.82 Å². The van der Waals surface area contributed by atoms with Gasteiger partial charge in [-0.25, -0.2) is 0 Å². The summed E-state index contributed by atoms with van der Waals surface area (Å²) in [7, 11) is 0. The number of nitrogens with one attached hydrogen (secondary N) is 1. The zero-order chi connectivity index (χ0) is 7.11. The lowest BCUT2D eigenvalue weighted by Gasteiger charge is -1.59. The molecule has 0 atom stereocenters. The van der Waals surface area contributed by atoms with E-state index in [9.17, 15) is 0 Å². The van der Waals surface area contributed by atoms with Gasteiger partial charge in [-0.2, -0.15) is 5.21 Å². The molecule has 1 N–H and O–H groups in total. The Hall–Kier alpha value is -0.930. The van der Waals surface area contributed by atoms with Gasteiger partial charge in [0.1, 0.15) is 0 Å². The highest BCUT2D eigenvalue weighted by Gasteiger charge is 1.78. The summed E-state index contributed by atoms with van der Waals surface area (Å²) in [5.74, 6) is 0.676. The molecule has 0 bridgehead atoms. The van der Waals surface area contributed by atoms with Crippen molar-refractivity contribution in [2.75, 3.05) is 0 Å². The van der Waals surface area contributed by atoms with Gasteiger partial charge in [-0.15, -0.1) is 10.2 Å². The molecule has 0 saturated carbocycles. The van der Waals surface area contributed by atoms with E-state index in [0.717, 1.165) is 0 Å². The standard InChI is InChI=1S/C3H8.C2H4N4/c1-3-2;1-2-3-5-6-4-2/h3H2,1-2H3;1H3,(H,3,4,5,6). The number of hydrogen-bond acceptors (Lipinski definition) is 3. The molecule has 9 heavy (non-hydrogen) atoms. The van der Waals surface area contributed by atoms with Crippen molar-refractivity contribution >= 4 is 0 Å². The number of H-pyrrole nitrogens is 1. The maximum atomic E-state index is 3.57. The molecule has 0 fully saturated rings. The Morgan fingerprint density at radius 3 is 2.11 bits per heavy atom. The van der Waals surface area contributed by atoms with Crippen LogP contribution in [-0.2, 0) is 0 Å². The molecule has 0 saturated heterocycles. The lowest BCUT2D eigenvalue weighted by Crippen LogP contribution is -1.69. The zero-order valence-electron chi connectivity index (χ0n) is 6.05. The molecular formula is C5H12N4. The fraction of sp³-hybridized carbons (Fsp3) is 0.800. The Morgan fingerprint density at radius 2 is 2.00 bits per heavy atom. The van der Waals surface area contributed by atoms with Gasteiger partial charge in [-0.1, -0.05) is 25.5 Å². The third kappa shape index (κ3) is 4.93. The van der Waals surface area contributed by atoms with Crippen LogP contribution < -0.4 is 0 Å². The van der Waals surface area contributed by atoms with Crippen LogP contribution in [0.2, 0.25) is 0 Å². The van der Waals surface area contributed by atoms with Gasteiger partial charge in [0.25, 0.3) is 0 Å². The molecule has 1 aromatic rings. The van der Waals surface area contributed by atoms with Crippen LogP contribution in [0.3, 0.4) is 0 Å². The van der Waals surface area contributed by atoms with E-state index in [0.29, 0.717) is 5.82 Å². The summed E-state index contributed by atoms with van der Waals surface area (Å²) in [4.78, 5) is 0. The number of aromatic nitrogens is 4. The normalized spacial score (nSPS) is 7.89. The van der Waals surface area contributed by atoms with Crippen molar-refractivity contribution < 1.29 is 0 Å². The Kier molecular flexibility index (Phi) is 4.67. The van der Waals surface area contributed by atoms with Crippen LogP contribution in [0.1, 0.15) is 26.1 Å². The number of nitrogens with zero attached hydrogens (tertiary/aromatic N) is 3. The smallest absolute Gasteiger partial charge is 0.171 e. The van der Waals surface area contributed by atoms with E-state index in [1.165, 1.54) is 6.42 Å². The van der Waals surface area contributed by atoms with E-state index in [-0.39, 0.29) is 0 Å². The van der Waals surface area contributed by atoms with E-state index >= 15 is 0 Å². The van der Waals surface area contributed by atoms with Crippen LogP contribution in [-0.4, -0.2) is 20.6 Å². The van der Waals surface area contributed by atoms with E-state index in [4.69, 9.17) is 0 Å². The second kappa shape index (κ2) is 5.21. The first kappa shape index (κ1) is 8.07. The number of hydrogen-bond donors (Lipinski definition) is 1. The van der Waals surface area contributed by atoms with Crippen molar-refractivity contribution in [3.63, 3.8) is 0 Å². The van der Waals surface area contributed by atoms with Crippen LogP contribution >= 0.6 is 0 Å². The SMILES string of the molecule is CCC.Cc1nn[nH]n1. The molecular weight excluding hydrogens is 116 g/mol. The van der Waals surface area contributed by atoms with Gasteiger partial charge in [0.2, 0.25) is 0 Å². The van der Waals surface area contributed by atoms with E-state index in [1.807, 2.05) is 0 Å². The summed E-state index contributed by atoms with van der Waals surface area (Å²) in [6.07, 6.45) is 1.25. The van der Waals surface area contributed by atoms with Crippen LogP contribution in [0.5, 0.6) is 0 Å². The molecule has 0 aromatic carbocycles. The van der Waals surface area contributed by atoms with Gasteiger partial charge < -0.3 is 0 Å². The third-order valence-corrected chi connectivity index (χ3v) is 0.451. The molecule has 1 aromatic heterocycles. The van der Waals surface area contributed by atoms with Crippen molar-refractivity contribution in [2.24, 2.45) is 0 Å². The molecule has 0 aliphatic carbocycles. The maximum Gasteiger partial charge on any atom is 0.171 e. The summed E-state index contributed by atoms with van der Waals surface area (Å²) in [5.41, 5.74) is 0. The minimum atomic E-state index is 0.676. The average molecular weight is 128 g/mol. The molecule has 1 heterocycles. The predicted octanol–water partition coefficient (Wildman–Crippen LogP) is 0.924. The molecule has 4 heteroatoms. The molecule has 0 radical (unpaired) electrons. The lowest BCUT2D eigenvalue weighted by atomic mass is 10.6. The van der Waals surface area contributed by atoms with Gasteiger partial charge in [0, 0.05) is 0 Å². The van der Waals surface area contributed by atoms with Gasteiger partial charge >= 0.3 is 0 Å². The summed E-state index contributed by atoms with van der Waals surface area (Å²) >= 11 is 0. The second-order valence-electron chi connectivity index (χ2n) is 1.67.